The van der Waals surface area contributed by atoms with Gasteiger partial charge in [0.1, 0.15) is 11.8 Å². The summed E-state index contributed by atoms with van der Waals surface area (Å²) in [5.41, 5.74) is 1.40. The van der Waals surface area contributed by atoms with Gasteiger partial charge in [-0.15, -0.1) is 0 Å². The fraction of sp³-hybridized carbons (Fsp3) is 0.500. The molecule has 0 spiro atoms. The van der Waals surface area contributed by atoms with E-state index in [1.54, 1.807) is 20.8 Å². The van der Waals surface area contributed by atoms with Crippen molar-refractivity contribution in [2.75, 3.05) is 6.61 Å². The molecule has 0 fully saturated rings. The number of nitrogens with one attached hydrogen (secondary N) is 1. The van der Waals surface area contributed by atoms with Crippen LogP contribution in [0.25, 0.3) is 0 Å². The highest BCUT2D eigenvalue weighted by atomic mass is 16.5. The van der Waals surface area contributed by atoms with Crippen LogP contribution >= 0.6 is 0 Å². The van der Waals surface area contributed by atoms with E-state index in [-0.39, 0.29) is 6.61 Å². The lowest BCUT2D eigenvalue weighted by atomic mass is 9.87. The number of hydrogen-bond acceptors (Lipinski definition) is 3. The number of carboxylic acid groups (broad SMARTS) is 1. The topological polar surface area (TPSA) is 75.6 Å². The van der Waals surface area contributed by atoms with Crippen LogP contribution in [0.2, 0.25) is 0 Å². The molecule has 5 nitrogen and oxygen atoms in total. The van der Waals surface area contributed by atoms with Crippen LogP contribution in [0.15, 0.2) is 18.2 Å². The molecule has 1 unspecified atom stereocenters. The van der Waals surface area contributed by atoms with Gasteiger partial charge >= 0.3 is 5.97 Å². The van der Waals surface area contributed by atoms with Crippen molar-refractivity contribution in [3.05, 3.63) is 29.3 Å². The maximum absolute atomic E-state index is 11.9. The lowest BCUT2D eigenvalue weighted by Crippen LogP contribution is -2.50. The average molecular weight is 293 g/mol. The first-order valence-electron chi connectivity index (χ1n) is 6.83. The molecule has 0 bridgehead atoms. The van der Waals surface area contributed by atoms with E-state index in [2.05, 4.69) is 5.32 Å². The summed E-state index contributed by atoms with van der Waals surface area (Å²) in [5.74, 6) is -0.867. The van der Waals surface area contributed by atoms with Gasteiger partial charge in [0.2, 0.25) is 0 Å². The van der Waals surface area contributed by atoms with Crippen LogP contribution in [-0.4, -0.2) is 29.6 Å². The first-order valence-corrected chi connectivity index (χ1v) is 6.83. The fourth-order valence-electron chi connectivity index (χ4n) is 1.86. The molecule has 0 radical (unpaired) electrons. The van der Waals surface area contributed by atoms with E-state index in [4.69, 9.17) is 9.84 Å². The average Bonchev–Trinajstić information content (AvgIpc) is 2.35. The third-order valence-corrected chi connectivity index (χ3v) is 3.12. The Hall–Kier alpha value is -2.04. The minimum atomic E-state index is -1.05. The van der Waals surface area contributed by atoms with Gasteiger partial charge in [0.15, 0.2) is 6.61 Å². The van der Waals surface area contributed by atoms with Crippen molar-refractivity contribution in [1.82, 2.24) is 5.32 Å². The highest BCUT2D eigenvalue weighted by Gasteiger charge is 2.32. The van der Waals surface area contributed by atoms with E-state index < -0.39 is 23.3 Å². The lowest BCUT2D eigenvalue weighted by molar-refractivity contribution is -0.145. The number of carbonyl (C=O) groups excluding carboxylic acids is 1. The first kappa shape index (κ1) is 17.0. The van der Waals surface area contributed by atoms with E-state index >= 15 is 0 Å². The van der Waals surface area contributed by atoms with Crippen molar-refractivity contribution in [2.24, 2.45) is 5.41 Å². The van der Waals surface area contributed by atoms with Gasteiger partial charge < -0.3 is 15.2 Å². The van der Waals surface area contributed by atoms with Gasteiger partial charge in [0.05, 0.1) is 0 Å². The highest BCUT2D eigenvalue weighted by Crippen LogP contribution is 2.20. The van der Waals surface area contributed by atoms with Crippen LogP contribution in [0, 0.1) is 19.3 Å². The summed E-state index contributed by atoms with van der Waals surface area (Å²) in [6, 6.07) is 4.77. The van der Waals surface area contributed by atoms with E-state index in [0.29, 0.717) is 5.75 Å². The number of rotatable bonds is 5. The molecule has 1 aromatic carbocycles. The molecular formula is C16H23NO4. The van der Waals surface area contributed by atoms with Crippen LogP contribution in [0.1, 0.15) is 31.9 Å². The van der Waals surface area contributed by atoms with Crippen molar-refractivity contribution >= 4 is 11.9 Å². The molecule has 0 saturated carbocycles. The molecule has 1 rings (SSSR count). The second kappa shape index (κ2) is 6.61. The van der Waals surface area contributed by atoms with Crippen LogP contribution < -0.4 is 10.1 Å². The lowest BCUT2D eigenvalue weighted by Gasteiger charge is -2.27. The van der Waals surface area contributed by atoms with Gasteiger partial charge in [-0.3, -0.25) is 4.79 Å². The third-order valence-electron chi connectivity index (χ3n) is 3.12. The summed E-state index contributed by atoms with van der Waals surface area (Å²) in [5, 5.41) is 11.7. The molecule has 1 amide bonds. The molecule has 1 aromatic rings. The minimum absolute atomic E-state index is 0.204. The molecule has 21 heavy (non-hydrogen) atoms. The molecule has 1 atom stereocenters. The quantitative estimate of drug-likeness (QED) is 0.873. The molecule has 116 valence electrons. The Labute approximate surface area is 125 Å². The Morgan fingerprint density at radius 2 is 1.90 bits per heavy atom. The SMILES string of the molecule is Cc1ccc(C)c(OCC(=O)NC(C(=O)O)C(C)(C)C)c1. The number of aryl methyl sites for hydroxylation is 2. The van der Waals surface area contributed by atoms with Crippen LogP contribution in [-0.2, 0) is 9.59 Å². The van der Waals surface area contributed by atoms with Gasteiger partial charge in [-0.2, -0.15) is 0 Å². The van der Waals surface area contributed by atoms with Gasteiger partial charge in [0.25, 0.3) is 5.91 Å². The fourth-order valence-corrected chi connectivity index (χ4v) is 1.86. The number of benzene rings is 1. The van der Waals surface area contributed by atoms with Crippen molar-refractivity contribution in [1.29, 1.82) is 0 Å². The molecular weight excluding hydrogens is 270 g/mol. The van der Waals surface area contributed by atoms with Gasteiger partial charge in [-0.25, -0.2) is 4.79 Å². The van der Waals surface area contributed by atoms with E-state index in [0.717, 1.165) is 11.1 Å². The second-order valence-corrected chi connectivity index (χ2v) is 6.26. The normalized spacial score (nSPS) is 12.6. The molecule has 0 aliphatic heterocycles. The summed E-state index contributed by atoms with van der Waals surface area (Å²) in [7, 11) is 0. The monoisotopic (exact) mass is 293 g/mol. The zero-order chi connectivity index (χ0) is 16.2. The maximum atomic E-state index is 11.9. The van der Waals surface area contributed by atoms with Crippen LogP contribution in [0.3, 0.4) is 0 Å². The zero-order valence-corrected chi connectivity index (χ0v) is 13.2. The molecule has 2 N–H and O–H groups in total. The summed E-state index contributed by atoms with van der Waals surface area (Å²) in [6.07, 6.45) is 0. The number of carboxylic acids is 1. The summed E-state index contributed by atoms with van der Waals surface area (Å²) >= 11 is 0. The number of hydrogen-bond donors (Lipinski definition) is 2. The Morgan fingerprint density at radius 3 is 2.43 bits per heavy atom. The Kier molecular flexibility index (Phi) is 5.35. The van der Waals surface area contributed by atoms with E-state index in [1.807, 2.05) is 32.0 Å². The number of amides is 1. The first-order chi connectivity index (χ1) is 9.61. The van der Waals surface area contributed by atoms with Crippen molar-refractivity contribution < 1.29 is 19.4 Å². The minimum Gasteiger partial charge on any atom is -0.483 e. The summed E-state index contributed by atoms with van der Waals surface area (Å²) in [6.45, 7) is 8.91. The molecule has 0 heterocycles. The Morgan fingerprint density at radius 1 is 1.29 bits per heavy atom. The molecule has 5 heteroatoms. The van der Waals surface area contributed by atoms with Gasteiger partial charge in [-0.05, 0) is 36.5 Å². The smallest absolute Gasteiger partial charge is 0.326 e. The maximum Gasteiger partial charge on any atom is 0.326 e. The Balaban J connectivity index is 2.65. The molecule has 0 aromatic heterocycles. The summed E-state index contributed by atoms with van der Waals surface area (Å²) in [4.78, 5) is 23.1. The van der Waals surface area contributed by atoms with E-state index in [1.165, 1.54) is 0 Å². The number of ether oxygens (including phenoxy) is 1. The van der Waals surface area contributed by atoms with Crippen molar-refractivity contribution in [3.8, 4) is 5.75 Å². The second-order valence-electron chi connectivity index (χ2n) is 6.26. The third kappa shape index (κ3) is 5.10. The van der Waals surface area contributed by atoms with E-state index in [9.17, 15) is 9.59 Å². The predicted molar refractivity (Wildman–Crippen MR) is 80.4 cm³/mol. The Bertz CT molecular complexity index is 532. The van der Waals surface area contributed by atoms with Crippen LogP contribution in [0.5, 0.6) is 5.75 Å². The highest BCUT2D eigenvalue weighted by molar-refractivity contribution is 5.84. The molecule has 0 aliphatic carbocycles. The van der Waals surface area contributed by atoms with Crippen molar-refractivity contribution in [2.45, 2.75) is 40.7 Å². The van der Waals surface area contributed by atoms with Crippen LogP contribution in [0.4, 0.5) is 0 Å². The molecule has 0 aliphatic rings. The molecule has 0 saturated heterocycles. The van der Waals surface area contributed by atoms with Gasteiger partial charge in [-0.1, -0.05) is 32.9 Å². The van der Waals surface area contributed by atoms with Gasteiger partial charge in [0, 0.05) is 0 Å². The summed E-state index contributed by atoms with van der Waals surface area (Å²) < 4.78 is 5.47. The largest absolute Gasteiger partial charge is 0.483 e. The number of carbonyl (C=O) groups is 2. The zero-order valence-electron chi connectivity index (χ0n) is 13.2. The predicted octanol–water partition coefficient (Wildman–Crippen LogP) is 2.30. The van der Waals surface area contributed by atoms with Crippen molar-refractivity contribution in [3.63, 3.8) is 0 Å². The standard InChI is InChI=1S/C16H23NO4/c1-10-6-7-11(2)12(8-10)21-9-13(18)17-14(15(19)20)16(3,4)5/h6-8,14H,9H2,1-5H3,(H,17,18)(H,19,20). The number of aliphatic carboxylic acids is 1.